The van der Waals surface area contributed by atoms with Gasteiger partial charge in [0.05, 0.1) is 35.9 Å². The molecule has 1 aromatic carbocycles. The van der Waals surface area contributed by atoms with Gasteiger partial charge in [-0.25, -0.2) is 4.98 Å². The predicted molar refractivity (Wildman–Crippen MR) is 94.7 cm³/mol. The molecule has 0 unspecified atom stereocenters. The molecule has 0 aliphatic carbocycles. The van der Waals surface area contributed by atoms with Crippen molar-refractivity contribution in [2.24, 2.45) is 0 Å². The van der Waals surface area contributed by atoms with Crippen LogP contribution in [-0.2, 0) is 12.7 Å². The average molecular weight is 396 g/mol. The van der Waals surface area contributed by atoms with E-state index in [0.717, 1.165) is 17.9 Å². The van der Waals surface area contributed by atoms with Gasteiger partial charge in [0.1, 0.15) is 11.5 Å². The molecule has 2 N–H and O–H groups in total. The van der Waals surface area contributed by atoms with Gasteiger partial charge in [-0.2, -0.15) is 13.2 Å². The molecule has 0 saturated carbocycles. The highest BCUT2D eigenvalue weighted by Gasteiger charge is 2.34. The molecule has 5 nitrogen and oxygen atoms in total. The molecule has 3 rings (SSSR count). The lowest BCUT2D eigenvalue weighted by atomic mass is 10.1. The van der Waals surface area contributed by atoms with Crippen LogP contribution in [0.5, 0.6) is 0 Å². The van der Waals surface area contributed by atoms with Gasteiger partial charge in [0.25, 0.3) is 5.91 Å². The van der Waals surface area contributed by atoms with E-state index in [1.165, 1.54) is 18.3 Å². The van der Waals surface area contributed by atoms with Gasteiger partial charge in [-0.1, -0.05) is 11.6 Å². The van der Waals surface area contributed by atoms with E-state index in [4.69, 9.17) is 16.0 Å². The van der Waals surface area contributed by atoms with Crippen LogP contribution >= 0.6 is 11.6 Å². The van der Waals surface area contributed by atoms with Gasteiger partial charge in [0.2, 0.25) is 0 Å². The van der Waals surface area contributed by atoms with Gasteiger partial charge in [-0.3, -0.25) is 4.79 Å². The van der Waals surface area contributed by atoms with E-state index in [9.17, 15) is 18.0 Å². The Morgan fingerprint density at radius 1 is 1.19 bits per heavy atom. The second-order valence-corrected chi connectivity index (χ2v) is 5.94. The molecule has 0 radical (unpaired) electrons. The summed E-state index contributed by atoms with van der Waals surface area (Å²) < 4.78 is 44.5. The molecule has 1 amide bonds. The fourth-order valence-corrected chi connectivity index (χ4v) is 2.45. The second-order valence-electron chi connectivity index (χ2n) is 5.51. The molecule has 2 heterocycles. The first kappa shape index (κ1) is 18.8. The number of hydrogen-bond acceptors (Lipinski definition) is 4. The minimum Gasteiger partial charge on any atom is -0.467 e. The molecule has 0 bridgehead atoms. The first-order chi connectivity index (χ1) is 12.8. The highest BCUT2D eigenvalue weighted by atomic mass is 35.5. The van der Waals surface area contributed by atoms with E-state index in [2.05, 4.69) is 15.6 Å². The van der Waals surface area contributed by atoms with Crippen LogP contribution in [0.15, 0.2) is 59.3 Å². The van der Waals surface area contributed by atoms with Crippen molar-refractivity contribution in [2.45, 2.75) is 12.7 Å². The number of nitrogens with zero attached hydrogens (tertiary/aromatic N) is 1. The SMILES string of the molecule is O=C(Nc1ccc(Cl)cc1C(F)(F)F)c1ccc(NCc2ccco2)cn1. The normalized spacial score (nSPS) is 11.3. The van der Waals surface area contributed by atoms with Crippen LogP contribution in [-0.4, -0.2) is 10.9 Å². The molecule has 0 atom stereocenters. The van der Waals surface area contributed by atoms with Crippen LogP contribution < -0.4 is 10.6 Å². The predicted octanol–water partition coefficient (Wildman–Crippen LogP) is 5.21. The highest BCUT2D eigenvalue weighted by molar-refractivity contribution is 6.30. The maximum atomic E-state index is 13.1. The zero-order valence-corrected chi connectivity index (χ0v) is 14.4. The smallest absolute Gasteiger partial charge is 0.418 e. The third-order valence-corrected chi connectivity index (χ3v) is 3.81. The number of carbonyl (C=O) groups is 1. The van der Waals surface area contributed by atoms with Gasteiger partial charge in [-0.15, -0.1) is 0 Å². The van der Waals surface area contributed by atoms with E-state index in [1.54, 1.807) is 24.5 Å². The van der Waals surface area contributed by atoms with Gasteiger partial charge in [0, 0.05) is 5.02 Å². The van der Waals surface area contributed by atoms with E-state index in [-0.39, 0.29) is 10.7 Å². The molecule has 3 aromatic rings. The Morgan fingerprint density at radius 3 is 2.63 bits per heavy atom. The first-order valence-electron chi connectivity index (χ1n) is 7.73. The number of anilines is 2. The van der Waals surface area contributed by atoms with Gasteiger partial charge >= 0.3 is 6.18 Å². The van der Waals surface area contributed by atoms with Gasteiger partial charge in [0.15, 0.2) is 0 Å². The van der Waals surface area contributed by atoms with Crippen LogP contribution in [0, 0.1) is 0 Å². The van der Waals surface area contributed by atoms with Gasteiger partial charge < -0.3 is 15.1 Å². The zero-order valence-electron chi connectivity index (χ0n) is 13.7. The third kappa shape index (κ3) is 4.79. The molecule has 0 spiro atoms. The van der Waals surface area contributed by atoms with E-state index < -0.39 is 23.3 Å². The van der Waals surface area contributed by atoms with Crippen molar-refractivity contribution in [3.8, 4) is 0 Å². The topological polar surface area (TPSA) is 67.2 Å². The number of carbonyl (C=O) groups excluding carboxylic acids is 1. The highest BCUT2D eigenvalue weighted by Crippen LogP contribution is 2.36. The maximum Gasteiger partial charge on any atom is 0.418 e. The van der Waals surface area contributed by atoms with Crippen LogP contribution in [0.25, 0.3) is 0 Å². The molecular weight excluding hydrogens is 383 g/mol. The minimum atomic E-state index is -4.65. The Morgan fingerprint density at radius 2 is 2.00 bits per heavy atom. The molecule has 2 aromatic heterocycles. The van der Waals surface area contributed by atoms with Crippen LogP contribution in [0.1, 0.15) is 21.8 Å². The Hall–Kier alpha value is -3.00. The molecule has 0 saturated heterocycles. The fourth-order valence-electron chi connectivity index (χ4n) is 2.28. The van der Waals surface area contributed by atoms with Gasteiger partial charge in [-0.05, 0) is 42.5 Å². The number of rotatable bonds is 5. The summed E-state index contributed by atoms with van der Waals surface area (Å²) in [7, 11) is 0. The summed E-state index contributed by atoms with van der Waals surface area (Å²) in [5.74, 6) is -0.0420. The lowest BCUT2D eigenvalue weighted by Crippen LogP contribution is -2.17. The van der Waals surface area contributed by atoms with Crippen molar-refractivity contribution < 1.29 is 22.4 Å². The largest absolute Gasteiger partial charge is 0.467 e. The second kappa shape index (κ2) is 7.71. The number of furan rings is 1. The first-order valence-corrected chi connectivity index (χ1v) is 8.11. The van der Waals surface area contributed by atoms with Crippen molar-refractivity contribution in [3.05, 3.63) is 77.0 Å². The van der Waals surface area contributed by atoms with E-state index in [0.29, 0.717) is 12.2 Å². The number of benzene rings is 1. The minimum absolute atomic E-state index is 0.0263. The molecular formula is C18H13ClF3N3O2. The molecule has 140 valence electrons. The molecule has 0 aliphatic rings. The molecule has 27 heavy (non-hydrogen) atoms. The lowest BCUT2D eigenvalue weighted by Gasteiger charge is -2.14. The molecule has 0 aliphatic heterocycles. The number of pyridine rings is 1. The van der Waals surface area contributed by atoms with Crippen molar-refractivity contribution in [2.75, 3.05) is 10.6 Å². The zero-order chi connectivity index (χ0) is 19.4. The Labute approximate surface area is 157 Å². The van der Waals surface area contributed by atoms with Crippen LogP contribution in [0.3, 0.4) is 0 Å². The summed E-state index contributed by atoms with van der Waals surface area (Å²) in [5, 5.41) is 5.19. The fraction of sp³-hybridized carbons (Fsp3) is 0.111. The molecule has 9 heteroatoms. The molecule has 0 fully saturated rings. The maximum absolute atomic E-state index is 13.1. The van der Waals surface area contributed by atoms with E-state index in [1.807, 2.05) is 0 Å². The Bertz CT molecular complexity index is 926. The summed E-state index contributed by atoms with van der Waals surface area (Å²) >= 11 is 5.62. The lowest BCUT2D eigenvalue weighted by molar-refractivity contribution is -0.136. The summed E-state index contributed by atoms with van der Waals surface area (Å²) in [4.78, 5) is 16.2. The summed E-state index contributed by atoms with van der Waals surface area (Å²) in [6.45, 7) is 0.430. The van der Waals surface area contributed by atoms with Crippen molar-refractivity contribution in [1.29, 1.82) is 0 Å². The van der Waals surface area contributed by atoms with E-state index >= 15 is 0 Å². The quantitative estimate of drug-likeness (QED) is 0.622. The Balaban J connectivity index is 1.70. The van der Waals surface area contributed by atoms with Crippen molar-refractivity contribution in [3.63, 3.8) is 0 Å². The average Bonchev–Trinajstić information content (AvgIpc) is 3.14. The standard InChI is InChI=1S/C18H13ClF3N3O2/c19-11-3-5-15(14(8-11)18(20,21)22)25-17(26)16-6-4-12(9-24-16)23-10-13-2-1-7-27-13/h1-9,23H,10H2,(H,25,26). The number of amides is 1. The number of nitrogens with one attached hydrogen (secondary N) is 2. The third-order valence-electron chi connectivity index (χ3n) is 3.58. The number of hydrogen-bond donors (Lipinski definition) is 2. The van der Waals surface area contributed by atoms with Crippen LogP contribution in [0.2, 0.25) is 5.02 Å². The van der Waals surface area contributed by atoms with Crippen molar-refractivity contribution in [1.82, 2.24) is 4.98 Å². The monoisotopic (exact) mass is 395 g/mol. The number of alkyl halides is 3. The summed E-state index contributed by atoms with van der Waals surface area (Å²) in [6.07, 6.45) is -1.69. The number of halogens is 4. The van der Waals surface area contributed by atoms with Crippen LogP contribution in [0.4, 0.5) is 24.5 Å². The van der Waals surface area contributed by atoms with Crippen molar-refractivity contribution >= 4 is 28.9 Å². The number of aromatic nitrogens is 1. The summed E-state index contributed by atoms with van der Waals surface area (Å²) in [5.41, 5.74) is -0.814. The Kier molecular flexibility index (Phi) is 5.36. The summed E-state index contributed by atoms with van der Waals surface area (Å²) in [6, 6.07) is 9.68.